The molecule has 0 aliphatic rings. The van der Waals surface area contributed by atoms with Crippen molar-refractivity contribution in [3.8, 4) is 5.75 Å². The molecule has 1 amide bonds. The van der Waals surface area contributed by atoms with Crippen LogP contribution in [0.15, 0.2) is 54.9 Å². The zero-order chi connectivity index (χ0) is 23.1. The van der Waals surface area contributed by atoms with Crippen molar-refractivity contribution in [3.05, 3.63) is 76.1 Å². The number of anilines is 3. The summed E-state index contributed by atoms with van der Waals surface area (Å²) in [7, 11) is 2.72. The molecule has 164 valence electrons. The number of hydrazine groups is 1. The van der Waals surface area contributed by atoms with Crippen LogP contribution in [0.2, 0.25) is 0 Å². The summed E-state index contributed by atoms with van der Waals surface area (Å²) in [5.41, 5.74) is 4.95. The Balaban J connectivity index is 1.84. The van der Waals surface area contributed by atoms with Gasteiger partial charge in [0.1, 0.15) is 12.1 Å². The lowest BCUT2D eigenvalue weighted by Gasteiger charge is -2.12. The highest BCUT2D eigenvalue weighted by molar-refractivity contribution is 5.97. The van der Waals surface area contributed by atoms with E-state index in [-0.39, 0.29) is 22.9 Å². The van der Waals surface area contributed by atoms with Crippen LogP contribution in [0.3, 0.4) is 0 Å². The molecule has 12 heteroatoms. The molecule has 1 aromatic heterocycles. The number of carbonyl (C=O) groups excluding carboxylic acids is 2. The van der Waals surface area contributed by atoms with Gasteiger partial charge >= 0.3 is 11.7 Å². The molecule has 0 unspecified atom stereocenters. The fraction of sp³-hybridized carbons (Fsp3) is 0.100. The first-order valence-corrected chi connectivity index (χ1v) is 9.08. The van der Waals surface area contributed by atoms with E-state index in [1.807, 2.05) is 0 Å². The molecule has 0 fully saturated rings. The number of hydrogen-bond donors (Lipinski definition) is 3. The Kier molecular flexibility index (Phi) is 6.75. The number of carbonyl (C=O) groups is 2. The Labute approximate surface area is 181 Å². The molecule has 3 aromatic rings. The Morgan fingerprint density at radius 2 is 1.69 bits per heavy atom. The van der Waals surface area contributed by atoms with Crippen LogP contribution in [0.25, 0.3) is 0 Å². The van der Waals surface area contributed by atoms with Gasteiger partial charge in [-0.25, -0.2) is 14.8 Å². The van der Waals surface area contributed by atoms with E-state index in [1.165, 1.54) is 38.5 Å². The summed E-state index contributed by atoms with van der Waals surface area (Å²) in [6.45, 7) is 0. The average molecular weight is 438 g/mol. The molecule has 0 aliphatic heterocycles. The minimum absolute atomic E-state index is 0.158. The van der Waals surface area contributed by atoms with E-state index >= 15 is 0 Å². The fourth-order valence-corrected chi connectivity index (χ4v) is 2.67. The summed E-state index contributed by atoms with van der Waals surface area (Å²) in [6.07, 6.45) is 1.07. The van der Waals surface area contributed by atoms with Crippen LogP contribution in [-0.4, -0.2) is 41.0 Å². The van der Waals surface area contributed by atoms with E-state index in [0.29, 0.717) is 11.3 Å². The first kappa shape index (κ1) is 22.0. The number of benzene rings is 2. The molecule has 0 bridgehead atoms. The molecule has 3 N–H and O–H groups in total. The Morgan fingerprint density at radius 3 is 2.34 bits per heavy atom. The molecule has 0 atom stereocenters. The minimum atomic E-state index is -0.717. The minimum Gasteiger partial charge on any atom is -0.497 e. The van der Waals surface area contributed by atoms with Crippen molar-refractivity contribution in [2.24, 2.45) is 0 Å². The lowest BCUT2D eigenvalue weighted by Crippen LogP contribution is -2.30. The van der Waals surface area contributed by atoms with Gasteiger partial charge in [0.25, 0.3) is 5.91 Å². The summed E-state index contributed by atoms with van der Waals surface area (Å²) in [5.74, 6) is -1.06. The van der Waals surface area contributed by atoms with Gasteiger partial charge in [-0.05, 0) is 36.4 Å². The molecular formula is C20H18N6O6. The number of para-hydroxylation sites is 1. The van der Waals surface area contributed by atoms with Crippen LogP contribution in [0.4, 0.5) is 23.0 Å². The van der Waals surface area contributed by atoms with Gasteiger partial charge in [-0.15, -0.1) is 0 Å². The number of aromatic nitrogens is 2. The molecule has 0 saturated carbocycles. The second kappa shape index (κ2) is 9.84. The van der Waals surface area contributed by atoms with Gasteiger partial charge in [-0.1, -0.05) is 12.1 Å². The number of nitrogens with zero attached hydrogens (tertiary/aromatic N) is 3. The molecule has 3 rings (SSSR count). The van der Waals surface area contributed by atoms with Crippen LogP contribution in [0, 0.1) is 10.1 Å². The van der Waals surface area contributed by atoms with E-state index in [1.54, 1.807) is 24.3 Å². The van der Waals surface area contributed by atoms with Crippen molar-refractivity contribution in [1.29, 1.82) is 0 Å². The maximum Gasteiger partial charge on any atom is 0.355 e. The van der Waals surface area contributed by atoms with Gasteiger partial charge in [0.2, 0.25) is 11.6 Å². The second-order valence-corrected chi connectivity index (χ2v) is 6.15. The number of methoxy groups -OCH3 is 2. The Hall–Kier alpha value is -4.74. The third-order valence-electron chi connectivity index (χ3n) is 4.24. The highest BCUT2D eigenvalue weighted by atomic mass is 16.6. The van der Waals surface area contributed by atoms with Crippen molar-refractivity contribution < 1.29 is 24.0 Å². The van der Waals surface area contributed by atoms with Gasteiger partial charge < -0.3 is 14.8 Å². The first-order chi connectivity index (χ1) is 15.4. The number of hydrogen-bond acceptors (Lipinski definition) is 10. The third kappa shape index (κ3) is 4.87. The van der Waals surface area contributed by atoms with Crippen LogP contribution in [-0.2, 0) is 4.74 Å². The highest BCUT2D eigenvalue weighted by Crippen LogP contribution is 2.32. The van der Waals surface area contributed by atoms with Crippen molar-refractivity contribution in [1.82, 2.24) is 15.4 Å². The van der Waals surface area contributed by atoms with E-state index < -0.39 is 22.5 Å². The van der Waals surface area contributed by atoms with Gasteiger partial charge in [-0.3, -0.25) is 25.8 Å². The number of esters is 1. The summed E-state index contributed by atoms with van der Waals surface area (Å²) in [5, 5.41) is 14.5. The molecule has 0 aliphatic carbocycles. The zero-order valence-electron chi connectivity index (χ0n) is 17.0. The van der Waals surface area contributed by atoms with Gasteiger partial charge in [-0.2, -0.15) is 0 Å². The van der Waals surface area contributed by atoms with Crippen LogP contribution in [0.5, 0.6) is 5.75 Å². The van der Waals surface area contributed by atoms with Crippen molar-refractivity contribution in [3.63, 3.8) is 0 Å². The molecule has 32 heavy (non-hydrogen) atoms. The fourth-order valence-electron chi connectivity index (χ4n) is 2.67. The maximum atomic E-state index is 12.3. The molecule has 12 nitrogen and oxygen atoms in total. The SMILES string of the molecule is COC(=O)c1ccccc1Nc1ncnc(NNC(=O)c2ccc(OC)cc2)c1[N+](=O)[O-]. The summed E-state index contributed by atoms with van der Waals surface area (Å²) in [6, 6.07) is 12.5. The van der Waals surface area contributed by atoms with E-state index in [4.69, 9.17) is 9.47 Å². The number of ether oxygens (including phenoxy) is 2. The van der Waals surface area contributed by atoms with E-state index in [2.05, 4.69) is 26.1 Å². The summed E-state index contributed by atoms with van der Waals surface area (Å²) < 4.78 is 9.76. The standard InChI is InChI=1S/C20H18N6O6/c1-31-13-9-7-12(8-10-13)19(27)25-24-18-16(26(29)30)17(21-11-22-18)23-15-6-4-3-5-14(15)20(28)32-2/h3-11H,1-2H3,(H,25,27)(H2,21,22,23,24). The van der Waals surface area contributed by atoms with Crippen LogP contribution >= 0.6 is 0 Å². The lowest BCUT2D eigenvalue weighted by atomic mass is 10.2. The molecule has 1 heterocycles. The normalized spacial score (nSPS) is 10.1. The summed E-state index contributed by atoms with van der Waals surface area (Å²) >= 11 is 0. The highest BCUT2D eigenvalue weighted by Gasteiger charge is 2.25. The van der Waals surface area contributed by atoms with Crippen molar-refractivity contribution >= 4 is 34.9 Å². The van der Waals surface area contributed by atoms with E-state index in [9.17, 15) is 19.7 Å². The number of rotatable bonds is 8. The predicted octanol–water partition coefficient (Wildman–Crippen LogP) is 2.68. The smallest absolute Gasteiger partial charge is 0.355 e. The Morgan fingerprint density at radius 1 is 1.00 bits per heavy atom. The largest absolute Gasteiger partial charge is 0.497 e. The first-order valence-electron chi connectivity index (χ1n) is 9.08. The molecule has 0 spiro atoms. The van der Waals surface area contributed by atoms with Gasteiger partial charge in [0.15, 0.2) is 0 Å². The lowest BCUT2D eigenvalue weighted by molar-refractivity contribution is -0.383. The molecule has 0 saturated heterocycles. The predicted molar refractivity (Wildman–Crippen MR) is 114 cm³/mol. The van der Waals surface area contributed by atoms with Gasteiger partial charge in [0, 0.05) is 5.56 Å². The van der Waals surface area contributed by atoms with Crippen molar-refractivity contribution in [2.75, 3.05) is 25.0 Å². The third-order valence-corrected chi connectivity index (χ3v) is 4.24. The molecule has 0 radical (unpaired) electrons. The van der Waals surface area contributed by atoms with Gasteiger partial charge in [0.05, 0.1) is 30.4 Å². The number of amides is 1. The number of nitrogens with one attached hydrogen (secondary N) is 3. The van der Waals surface area contributed by atoms with Crippen molar-refractivity contribution in [2.45, 2.75) is 0 Å². The molecular weight excluding hydrogens is 420 g/mol. The maximum absolute atomic E-state index is 12.3. The quantitative estimate of drug-likeness (QED) is 0.271. The zero-order valence-corrected chi connectivity index (χ0v) is 17.0. The monoisotopic (exact) mass is 438 g/mol. The number of nitro groups is 1. The average Bonchev–Trinajstić information content (AvgIpc) is 2.82. The van der Waals surface area contributed by atoms with Crippen LogP contribution < -0.4 is 20.9 Å². The molecule has 2 aromatic carbocycles. The topological polar surface area (TPSA) is 158 Å². The Bertz CT molecular complexity index is 1150. The summed E-state index contributed by atoms with van der Waals surface area (Å²) in [4.78, 5) is 43.0. The van der Waals surface area contributed by atoms with Crippen LogP contribution in [0.1, 0.15) is 20.7 Å². The van der Waals surface area contributed by atoms with E-state index in [0.717, 1.165) is 6.33 Å². The second-order valence-electron chi connectivity index (χ2n) is 6.15.